The van der Waals surface area contributed by atoms with E-state index in [0.29, 0.717) is 18.9 Å². The molecule has 0 radical (unpaired) electrons. The summed E-state index contributed by atoms with van der Waals surface area (Å²) in [4.78, 5) is 0. The van der Waals surface area contributed by atoms with Gasteiger partial charge in [0.05, 0.1) is 6.61 Å². The molecule has 1 saturated heterocycles. The first-order chi connectivity index (χ1) is 4.33. The molecule has 1 heterocycles. The van der Waals surface area contributed by atoms with Gasteiger partial charge in [0.15, 0.2) is 6.36 Å². The first-order valence-corrected chi connectivity index (χ1v) is 3.58. The number of halogens is 1. The van der Waals surface area contributed by atoms with Crippen LogP contribution in [0, 0.1) is 5.92 Å². The summed E-state index contributed by atoms with van der Waals surface area (Å²) in [6.45, 7) is 2.71. The van der Waals surface area contributed by atoms with Crippen LogP contribution in [0.3, 0.4) is 0 Å². The molecule has 0 bridgehead atoms. The predicted octanol–water partition coefficient (Wildman–Crippen LogP) is 2.12. The maximum atomic E-state index is 12.4. The third-order valence-corrected chi connectivity index (χ3v) is 1.92. The van der Waals surface area contributed by atoms with E-state index in [1.54, 1.807) is 0 Å². The van der Waals surface area contributed by atoms with Crippen LogP contribution in [0.1, 0.15) is 26.2 Å². The first kappa shape index (κ1) is 7.00. The molecule has 2 heteroatoms. The van der Waals surface area contributed by atoms with Crippen molar-refractivity contribution in [2.45, 2.75) is 32.5 Å². The Morgan fingerprint density at radius 3 is 2.89 bits per heavy atom. The van der Waals surface area contributed by atoms with Gasteiger partial charge in [-0.15, -0.1) is 0 Å². The van der Waals surface area contributed by atoms with Gasteiger partial charge in [0.2, 0.25) is 0 Å². The Morgan fingerprint density at radius 2 is 2.44 bits per heavy atom. The largest absolute Gasteiger partial charge is 0.348 e. The highest BCUT2D eigenvalue weighted by Gasteiger charge is 2.19. The number of hydrogen-bond donors (Lipinski definition) is 0. The van der Waals surface area contributed by atoms with Crippen LogP contribution in [-0.4, -0.2) is 13.0 Å². The van der Waals surface area contributed by atoms with E-state index in [-0.39, 0.29) is 0 Å². The molecule has 54 valence electrons. The molecule has 0 aromatic carbocycles. The summed E-state index contributed by atoms with van der Waals surface area (Å²) in [5, 5.41) is 0. The van der Waals surface area contributed by atoms with Crippen LogP contribution in [0.5, 0.6) is 0 Å². The Morgan fingerprint density at radius 1 is 1.67 bits per heavy atom. The van der Waals surface area contributed by atoms with E-state index < -0.39 is 6.36 Å². The molecule has 2 unspecified atom stereocenters. The summed E-state index contributed by atoms with van der Waals surface area (Å²) >= 11 is 0. The molecule has 2 atom stereocenters. The van der Waals surface area contributed by atoms with Gasteiger partial charge in [0.1, 0.15) is 0 Å². The standard InChI is InChI=1S/C7H13FO/c1-2-6-3-4-9-7(8)5-6/h6-7H,2-5H2,1H3. The van der Waals surface area contributed by atoms with Crippen LogP contribution in [0.25, 0.3) is 0 Å². The Hall–Kier alpha value is -0.110. The Balaban J connectivity index is 2.23. The Labute approximate surface area is 55.2 Å². The lowest BCUT2D eigenvalue weighted by molar-refractivity contribution is -0.0868. The van der Waals surface area contributed by atoms with Gasteiger partial charge in [-0.05, 0) is 12.3 Å². The van der Waals surface area contributed by atoms with Crippen molar-refractivity contribution >= 4 is 0 Å². The molecular weight excluding hydrogens is 119 g/mol. The van der Waals surface area contributed by atoms with Gasteiger partial charge in [-0.25, -0.2) is 4.39 Å². The van der Waals surface area contributed by atoms with E-state index in [4.69, 9.17) is 4.74 Å². The summed E-state index contributed by atoms with van der Waals surface area (Å²) in [6.07, 6.45) is 1.75. The van der Waals surface area contributed by atoms with Gasteiger partial charge >= 0.3 is 0 Å². The molecular formula is C7H13FO. The van der Waals surface area contributed by atoms with Crippen LogP contribution in [0.15, 0.2) is 0 Å². The van der Waals surface area contributed by atoms with E-state index >= 15 is 0 Å². The lowest BCUT2D eigenvalue weighted by Crippen LogP contribution is -2.21. The van der Waals surface area contributed by atoms with E-state index in [0.717, 1.165) is 12.8 Å². The van der Waals surface area contributed by atoms with E-state index in [1.165, 1.54) is 0 Å². The normalized spacial score (nSPS) is 36.7. The highest BCUT2D eigenvalue weighted by molar-refractivity contribution is 4.63. The zero-order valence-corrected chi connectivity index (χ0v) is 5.77. The number of ether oxygens (including phenoxy) is 1. The quantitative estimate of drug-likeness (QED) is 0.531. The van der Waals surface area contributed by atoms with Crippen molar-refractivity contribution < 1.29 is 9.13 Å². The molecule has 0 aliphatic carbocycles. The minimum absolute atomic E-state index is 0.564. The zero-order chi connectivity index (χ0) is 6.69. The van der Waals surface area contributed by atoms with Crippen LogP contribution >= 0.6 is 0 Å². The molecule has 0 aromatic heterocycles. The van der Waals surface area contributed by atoms with Gasteiger partial charge < -0.3 is 4.74 Å². The first-order valence-electron chi connectivity index (χ1n) is 3.58. The minimum Gasteiger partial charge on any atom is -0.348 e. The molecule has 0 saturated carbocycles. The van der Waals surface area contributed by atoms with Crippen molar-refractivity contribution in [3.8, 4) is 0 Å². The number of alkyl halides is 1. The topological polar surface area (TPSA) is 9.23 Å². The van der Waals surface area contributed by atoms with E-state index in [9.17, 15) is 4.39 Å². The second kappa shape index (κ2) is 3.16. The summed E-state index contributed by atoms with van der Waals surface area (Å²) in [5.41, 5.74) is 0. The second-order valence-corrected chi connectivity index (χ2v) is 2.58. The third kappa shape index (κ3) is 1.94. The molecule has 1 aliphatic rings. The van der Waals surface area contributed by atoms with Gasteiger partial charge in [-0.3, -0.25) is 0 Å². The highest BCUT2D eigenvalue weighted by Crippen LogP contribution is 2.22. The summed E-state index contributed by atoms with van der Waals surface area (Å²) in [6, 6.07) is 0. The zero-order valence-electron chi connectivity index (χ0n) is 5.77. The predicted molar refractivity (Wildman–Crippen MR) is 33.9 cm³/mol. The van der Waals surface area contributed by atoms with Gasteiger partial charge in [-0.1, -0.05) is 13.3 Å². The smallest absolute Gasteiger partial charge is 0.199 e. The minimum atomic E-state index is -0.983. The van der Waals surface area contributed by atoms with Gasteiger partial charge in [0.25, 0.3) is 0 Å². The Bertz CT molecular complexity index is 85.0. The summed E-state index contributed by atoms with van der Waals surface area (Å²) in [5.74, 6) is 0.564. The fraction of sp³-hybridized carbons (Fsp3) is 1.00. The summed E-state index contributed by atoms with van der Waals surface area (Å²) in [7, 11) is 0. The average molecular weight is 132 g/mol. The third-order valence-electron chi connectivity index (χ3n) is 1.92. The molecule has 0 aromatic rings. The number of rotatable bonds is 1. The van der Waals surface area contributed by atoms with Crippen molar-refractivity contribution in [2.75, 3.05) is 6.61 Å². The molecule has 9 heavy (non-hydrogen) atoms. The molecule has 1 rings (SSSR count). The summed E-state index contributed by atoms with van der Waals surface area (Å²) < 4.78 is 17.1. The molecule has 0 amide bonds. The van der Waals surface area contributed by atoms with Gasteiger partial charge in [0, 0.05) is 6.42 Å². The van der Waals surface area contributed by atoms with Crippen molar-refractivity contribution in [3.63, 3.8) is 0 Å². The van der Waals surface area contributed by atoms with Crippen LogP contribution < -0.4 is 0 Å². The van der Waals surface area contributed by atoms with Crippen molar-refractivity contribution in [1.29, 1.82) is 0 Å². The molecule has 1 aliphatic heterocycles. The lowest BCUT2D eigenvalue weighted by Gasteiger charge is -2.23. The average Bonchev–Trinajstić information content (AvgIpc) is 1.88. The lowest BCUT2D eigenvalue weighted by atomic mass is 9.97. The number of hydrogen-bond acceptors (Lipinski definition) is 1. The SMILES string of the molecule is CCC1CCOC(F)C1. The Kier molecular flexibility index (Phi) is 2.46. The molecule has 1 fully saturated rings. The highest BCUT2D eigenvalue weighted by atomic mass is 19.1. The molecule has 0 spiro atoms. The van der Waals surface area contributed by atoms with Crippen molar-refractivity contribution in [2.24, 2.45) is 5.92 Å². The second-order valence-electron chi connectivity index (χ2n) is 2.58. The maximum Gasteiger partial charge on any atom is 0.199 e. The maximum absolute atomic E-state index is 12.4. The van der Waals surface area contributed by atoms with Crippen molar-refractivity contribution in [3.05, 3.63) is 0 Å². The fourth-order valence-electron chi connectivity index (χ4n) is 1.18. The van der Waals surface area contributed by atoms with E-state index in [1.807, 2.05) is 0 Å². The van der Waals surface area contributed by atoms with Crippen LogP contribution in [0.2, 0.25) is 0 Å². The molecule has 0 N–H and O–H groups in total. The fourth-order valence-corrected chi connectivity index (χ4v) is 1.18. The van der Waals surface area contributed by atoms with Crippen LogP contribution in [-0.2, 0) is 4.74 Å². The van der Waals surface area contributed by atoms with Crippen LogP contribution in [0.4, 0.5) is 4.39 Å². The van der Waals surface area contributed by atoms with E-state index in [2.05, 4.69) is 6.92 Å². The monoisotopic (exact) mass is 132 g/mol. The molecule has 1 nitrogen and oxygen atoms in total. The van der Waals surface area contributed by atoms with Gasteiger partial charge in [-0.2, -0.15) is 0 Å². The van der Waals surface area contributed by atoms with Crippen molar-refractivity contribution in [1.82, 2.24) is 0 Å².